The van der Waals surface area contributed by atoms with E-state index < -0.39 is 0 Å². The number of anilines is 2. The molecule has 5 rings (SSSR count). The molecular weight excluding hydrogens is 300 g/mol. The molecule has 0 unspecified atom stereocenters. The molecule has 1 saturated heterocycles. The van der Waals surface area contributed by atoms with Crippen LogP contribution in [0.25, 0.3) is 22.5 Å². The predicted octanol–water partition coefficient (Wildman–Crippen LogP) is 3.06. The van der Waals surface area contributed by atoms with Gasteiger partial charge in [-0.15, -0.1) is 0 Å². The zero-order valence-electron chi connectivity index (χ0n) is 13.2. The molecule has 3 aromatic rings. The number of nitrogens with one attached hydrogen (secondary N) is 3. The molecule has 0 amide bonds. The normalized spacial score (nSPS) is 16.5. The Morgan fingerprint density at radius 3 is 2.88 bits per heavy atom. The van der Waals surface area contributed by atoms with Crippen molar-refractivity contribution in [3.05, 3.63) is 42.6 Å². The van der Waals surface area contributed by atoms with E-state index in [0.29, 0.717) is 5.92 Å². The average Bonchev–Trinajstić information content (AvgIpc) is 3.03. The second-order valence-electron chi connectivity index (χ2n) is 6.32. The molecule has 0 atom stereocenters. The van der Waals surface area contributed by atoms with Gasteiger partial charge in [0, 0.05) is 29.4 Å². The molecule has 0 aliphatic carbocycles. The highest BCUT2D eigenvalue weighted by Gasteiger charge is 2.26. The summed E-state index contributed by atoms with van der Waals surface area (Å²) in [6.07, 6.45) is 7.70. The first-order valence-electron chi connectivity index (χ1n) is 8.37. The first kappa shape index (κ1) is 13.7. The monoisotopic (exact) mass is 318 g/mol. The summed E-state index contributed by atoms with van der Waals surface area (Å²) in [5, 5.41) is 6.81. The van der Waals surface area contributed by atoms with E-state index in [2.05, 4.69) is 31.7 Å². The molecule has 120 valence electrons. The van der Waals surface area contributed by atoms with Gasteiger partial charge in [-0.05, 0) is 44.1 Å². The number of piperidine rings is 1. The van der Waals surface area contributed by atoms with Crippen molar-refractivity contribution in [2.75, 3.05) is 18.4 Å². The van der Waals surface area contributed by atoms with Gasteiger partial charge in [-0.25, -0.2) is 9.97 Å². The van der Waals surface area contributed by atoms with E-state index in [0.717, 1.165) is 65.8 Å². The molecule has 1 fully saturated rings. The van der Waals surface area contributed by atoms with Crippen LogP contribution >= 0.6 is 0 Å². The molecule has 0 bridgehead atoms. The van der Waals surface area contributed by atoms with Crippen LogP contribution in [0.4, 0.5) is 11.5 Å². The molecule has 0 spiro atoms. The van der Waals surface area contributed by atoms with E-state index in [4.69, 9.17) is 4.98 Å². The third kappa shape index (κ3) is 2.11. The van der Waals surface area contributed by atoms with Crippen molar-refractivity contribution in [2.24, 2.45) is 0 Å². The van der Waals surface area contributed by atoms with Gasteiger partial charge < -0.3 is 15.6 Å². The quantitative estimate of drug-likeness (QED) is 0.503. The summed E-state index contributed by atoms with van der Waals surface area (Å²) in [7, 11) is 0. The van der Waals surface area contributed by atoms with Gasteiger partial charge in [-0.3, -0.25) is 4.98 Å². The van der Waals surface area contributed by atoms with Crippen LogP contribution in [-0.2, 0) is 0 Å². The third-order valence-corrected chi connectivity index (χ3v) is 4.85. The lowest BCUT2D eigenvalue weighted by Gasteiger charge is -2.20. The number of H-pyrrole nitrogens is 1. The fourth-order valence-electron chi connectivity index (χ4n) is 3.61. The smallest absolute Gasteiger partial charge is 0.139 e. The van der Waals surface area contributed by atoms with Crippen molar-refractivity contribution in [1.82, 2.24) is 25.3 Å². The summed E-state index contributed by atoms with van der Waals surface area (Å²) in [4.78, 5) is 17.3. The minimum Gasteiger partial charge on any atom is -0.341 e. The molecule has 24 heavy (non-hydrogen) atoms. The van der Waals surface area contributed by atoms with Crippen LogP contribution in [-0.4, -0.2) is 33.0 Å². The van der Waals surface area contributed by atoms with Crippen molar-refractivity contribution in [3.8, 4) is 22.5 Å². The highest BCUT2D eigenvalue weighted by Crippen LogP contribution is 2.42. The number of hydrogen-bond donors (Lipinski definition) is 3. The number of aromatic amines is 1. The van der Waals surface area contributed by atoms with Gasteiger partial charge in [0.05, 0.1) is 17.6 Å². The number of imidazole rings is 1. The second kappa shape index (κ2) is 5.42. The van der Waals surface area contributed by atoms with Crippen molar-refractivity contribution in [3.63, 3.8) is 0 Å². The maximum atomic E-state index is 4.99. The van der Waals surface area contributed by atoms with Crippen molar-refractivity contribution in [2.45, 2.75) is 18.8 Å². The van der Waals surface area contributed by atoms with Crippen LogP contribution < -0.4 is 10.6 Å². The molecular formula is C18H18N6. The predicted molar refractivity (Wildman–Crippen MR) is 93.2 cm³/mol. The van der Waals surface area contributed by atoms with Gasteiger partial charge >= 0.3 is 0 Å². The van der Waals surface area contributed by atoms with Gasteiger partial charge in [-0.1, -0.05) is 0 Å². The Morgan fingerprint density at radius 2 is 1.96 bits per heavy atom. The molecule has 0 saturated carbocycles. The van der Waals surface area contributed by atoms with Crippen molar-refractivity contribution < 1.29 is 0 Å². The van der Waals surface area contributed by atoms with Crippen LogP contribution in [0.3, 0.4) is 0 Å². The molecule has 3 aromatic heterocycles. The molecule has 0 radical (unpaired) electrons. The minimum absolute atomic E-state index is 0.483. The standard InChI is InChI=1S/C18H18N6/c1-2-13-16-15(23-17(24-16)11-3-7-19-8-4-11)12-5-9-20-10-14(12)22-18(13)21-6-1/h1-2,5-6,9-11,19H,3-4,7-8H2,(H,21,22)(H,23,24). The summed E-state index contributed by atoms with van der Waals surface area (Å²) in [5.74, 6) is 2.39. The lowest BCUT2D eigenvalue weighted by molar-refractivity contribution is 0.447. The van der Waals surface area contributed by atoms with Gasteiger partial charge in [-0.2, -0.15) is 0 Å². The van der Waals surface area contributed by atoms with E-state index in [1.165, 1.54) is 0 Å². The number of nitrogens with zero attached hydrogens (tertiary/aromatic N) is 3. The van der Waals surface area contributed by atoms with Crippen LogP contribution in [0.5, 0.6) is 0 Å². The van der Waals surface area contributed by atoms with Gasteiger partial charge in [0.1, 0.15) is 17.3 Å². The van der Waals surface area contributed by atoms with Crippen LogP contribution in [0, 0.1) is 0 Å². The molecule has 5 heterocycles. The summed E-state index contributed by atoms with van der Waals surface area (Å²) >= 11 is 0. The highest BCUT2D eigenvalue weighted by atomic mass is 15.0. The summed E-state index contributed by atoms with van der Waals surface area (Å²) in [6.45, 7) is 2.10. The summed E-state index contributed by atoms with van der Waals surface area (Å²) in [6, 6.07) is 6.05. The highest BCUT2D eigenvalue weighted by molar-refractivity contribution is 5.94. The first-order valence-corrected chi connectivity index (χ1v) is 8.37. The minimum atomic E-state index is 0.483. The van der Waals surface area contributed by atoms with Gasteiger partial charge in [0.25, 0.3) is 0 Å². The van der Waals surface area contributed by atoms with E-state index >= 15 is 0 Å². The SMILES string of the molecule is c1cnc2c(c1)-c1nc(C3CCNCC3)[nH]c1-c1ccncc1N2. The number of fused-ring (bicyclic) bond motifs is 5. The molecule has 2 aliphatic rings. The third-order valence-electron chi connectivity index (χ3n) is 4.85. The fraction of sp³-hybridized carbons (Fsp3) is 0.278. The van der Waals surface area contributed by atoms with E-state index in [-0.39, 0.29) is 0 Å². The maximum Gasteiger partial charge on any atom is 0.139 e. The Kier molecular flexibility index (Phi) is 3.09. The van der Waals surface area contributed by atoms with Gasteiger partial charge in [0.15, 0.2) is 0 Å². The topological polar surface area (TPSA) is 78.5 Å². The van der Waals surface area contributed by atoms with Gasteiger partial charge in [0.2, 0.25) is 0 Å². The van der Waals surface area contributed by atoms with Crippen molar-refractivity contribution >= 4 is 11.5 Å². The van der Waals surface area contributed by atoms with E-state index in [1.54, 1.807) is 6.20 Å². The Labute approximate surface area is 139 Å². The lowest BCUT2D eigenvalue weighted by atomic mass is 9.97. The fourth-order valence-corrected chi connectivity index (χ4v) is 3.61. The molecule has 6 nitrogen and oxygen atoms in total. The zero-order chi connectivity index (χ0) is 15.9. The Balaban J connectivity index is 1.72. The van der Waals surface area contributed by atoms with Crippen molar-refractivity contribution in [1.29, 1.82) is 0 Å². The number of hydrogen-bond acceptors (Lipinski definition) is 5. The Morgan fingerprint density at radius 1 is 1.04 bits per heavy atom. The van der Waals surface area contributed by atoms with E-state index in [9.17, 15) is 0 Å². The number of pyridine rings is 2. The average molecular weight is 318 g/mol. The lowest BCUT2D eigenvalue weighted by Crippen LogP contribution is -2.27. The maximum absolute atomic E-state index is 4.99. The van der Waals surface area contributed by atoms with Crippen LogP contribution in [0.2, 0.25) is 0 Å². The second-order valence-corrected chi connectivity index (χ2v) is 6.32. The number of rotatable bonds is 1. The zero-order valence-corrected chi connectivity index (χ0v) is 13.2. The van der Waals surface area contributed by atoms with Crippen LogP contribution in [0.1, 0.15) is 24.6 Å². The molecule has 0 aromatic carbocycles. The summed E-state index contributed by atoms with van der Waals surface area (Å²) < 4.78 is 0. The first-order chi connectivity index (χ1) is 11.9. The summed E-state index contributed by atoms with van der Waals surface area (Å²) in [5.41, 5.74) is 5.10. The molecule has 3 N–H and O–H groups in total. The Hall–Kier alpha value is -2.73. The number of aromatic nitrogens is 4. The molecule has 2 aliphatic heterocycles. The Bertz CT molecular complexity index is 831. The molecule has 6 heteroatoms. The largest absolute Gasteiger partial charge is 0.341 e. The van der Waals surface area contributed by atoms with Crippen LogP contribution in [0.15, 0.2) is 36.8 Å². The van der Waals surface area contributed by atoms with E-state index in [1.807, 2.05) is 24.5 Å².